The molecule has 6 nitrogen and oxygen atoms in total. The number of nitrogens with one attached hydrogen (secondary N) is 1. The van der Waals surface area contributed by atoms with E-state index in [-0.39, 0.29) is 11.4 Å². The molecule has 27 heavy (non-hydrogen) atoms. The van der Waals surface area contributed by atoms with Gasteiger partial charge >= 0.3 is 0 Å². The first-order valence-corrected chi connectivity index (χ1v) is 10.00. The Morgan fingerprint density at radius 3 is 2.67 bits per heavy atom. The highest BCUT2D eigenvalue weighted by molar-refractivity contribution is 8.27. The number of carbonyl (C=O) groups excluding carboxylic acids is 1. The maximum Gasteiger partial charge on any atom is 0.283 e. The second-order valence-electron chi connectivity index (χ2n) is 6.26. The maximum atomic E-state index is 12.5. The number of carbonyl (C=O) groups is 1. The van der Waals surface area contributed by atoms with Gasteiger partial charge in [-0.15, -0.1) is 11.3 Å². The van der Waals surface area contributed by atoms with E-state index in [1.54, 1.807) is 17.4 Å². The third kappa shape index (κ3) is 3.58. The van der Waals surface area contributed by atoms with Crippen molar-refractivity contribution in [3.8, 4) is 0 Å². The van der Waals surface area contributed by atoms with Crippen LogP contribution in [0.5, 0.6) is 0 Å². The maximum absolute atomic E-state index is 12.5. The normalized spacial score (nSPS) is 17.9. The molecule has 0 unspecified atom stereocenters. The highest BCUT2D eigenvalue weighted by atomic mass is 32.2. The third-order valence-electron chi connectivity index (χ3n) is 4.12. The number of thioether (sulfide) groups is 1. The third-order valence-corrected chi connectivity index (χ3v) is 5.91. The predicted octanol–water partition coefficient (Wildman–Crippen LogP) is 3.68. The number of amides is 1. The number of nitrogens with zero attached hydrogens (tertiary/aromatic N) is 4. The topological polar surface area (TPSA) is 72.1 Å². The Balaban J connectivity index is 1.59. The highest BCUT2D eigenvalue weighted by Gasteiger charge is 2.35. The summed E-state index contributed by atoms with van der Waals surface area (Å²) in [6, 6.07) is 11.8. The zero-order valence-electron chi connectivity index (χ0n) is 14.8. The van der Waals surface area contributed by atoms with Gasteiger partial charge in [0.25, 0.3) is 5.91 Å². The first kappa shape index (κ1) is 17.7. The summed E-state index contributed by atoms with van der Waals surface area (Å²) in [7, 11) is 3.95. The van der Waals surface area contributed by atoms with E-state index in [0.29, 0.717) is 11.6 Å². The number of anilines is 1. The minimum Gasteiger partial charge on any atom is -0.378 e. The quantitative estimate of drug-likeness (QED) is 0.802. The molecule has 136 valence electrons. The van der Waals surface area contributed by atoms with Crippen LogP contribution in [0.2, 0.25) is 0 Å². The van der Waals surface area contributed by atoms with Crippen LogP contribution in [0.3, 0.4) is 0 Å². The van der Waals surface area contributed by atoms with Gasteiger partial charge < -0.3 is 4.90 Å². The average molecular weight is 396 g/mol. The SMILES string of the molecule is CN(C)c1ccc(/C=C2/C(=N)N3N=C(Cc4cccs4)SC3=NC2=O)cc1. The number of hydrogen-bond donors (Lipinski definition) is 1. The minimum absolute atomic E-state index is 0.0652. The van der Waals surface area contributed by atoms with Gasteiger partial charge in [-0.3, -0.25) is 10.2 Å². The zero-order valence-corrected chi connectivity index (χ0v) is 16.5. The fourth-order valence-corrected chi connectivity index (χ4v) is 4.41. The molecular weight excluding hydrogens is 378 g/mol. The summed E-state index contributed by atoms with van der Waals surface area (Å²) in [5, 5.41) is 17.7. The largest absolute Gasteiger partial charge is 0.378 e. The fraction of sp³-hybridized carbons (Fsp3) is 0.158. The van der Waals surface area contributed by atoms with Crippen LogP contribution in [0.4, 0.5) is 5.69 Å². The molecule has 0 fully saturated rings. The molecule has 8 heteroatoms. The summed E-state index contributed by atoms with van der Waals surface area (Å²) in [6.07, 6.45) is 2.38. The molecular formula is C19H17N5OS2. The highest BCUT2D eigenvalue weighted by Crippen LogP contribution is 2.30. The molecule has 4 rings (SSSR count). The van der Waals surface area contributed by atoms with Crippen LogP contribution in [0.1, 0.15) is 10.4 Å². The van der Waals surface area contributed by atoms with E-state index in [1.807, 2.05) is 60.8 Å². The van der Waals surface area contributed by atoms with Crippen LogP contribution < -0.4 is 4.90 Å². The van der Waals surface area contributed by atoms with Crippen LogP contribution in [-0.4, -0.2) is 41.1 Å². The summed E-state index contributed by atoms with van der Waals surface area (Å²) in [4.78, 5) is 19.8. The standard InChI is InChI=1S/C19H17N5OS2/c1-23(2)13-7-5-12(6-8-13)10-15-17(20)24-19(21-18(15)25)27-16(22-24)11-14-4-3-9-26-14/h3-10,20H,11H2,1-2H3/b15-10-,20-17?. The van der Waals surface area contributed by atoms with Gasteiger partial charge in [-0.2, -0.15) is 15.1 Å². The molecule has 0 spiro atoms. The van der Waals surface area contributed by atoms with Crippen molar-refractivity contribution in [2.75, 3.05) is 19.0 Å². The lowest BCUT2D eigenvalue weighted by Gasteiger charge is -2.20. The Bertz CT molecular complexity index is 988. The number of fused-ring (bicyclic) bond motifs is 1. The van der Waals surface area contributed by atoms with Gasteiger partial charge in [0, 0.05) is 31.1 Å². The van der Waals surface area contributed by atoms with Crippen molar-refractivity contribution < 1.29 is 4.79 Å². The Hall–Kier alpha value is -2.71. The minimum atomic E-state index is -0.400. The number of rotatable bonds is 4. The molecule has 1 aromatic carbocycles. The molecule has 2 aliphatic heterocycles. The average Bonchev–Trinajstić information content (AvgIpc) is 3.29. The lowest BCUT2D eigenvalue weighted by atomic mass is 10.1. The molecule has 3 heterocycles. The first-order valence-electron chi connectivity index (χ1n) is 8.30. The van der Waals surface area contributed by atoms with Crippen molar-refractivity contribution in [3.63, 3.8) is 0 Å². The Labute approximate surface area is 165 Å². The monoisotopic (exact) mass is 395 g/mol. The molecule has 0 radical (unpaired) electrons. The first-order chi connectivity index (χ1) is 13.0. The smallest absolute Gasteiger partial charge is 0.283 e. The summed E-state index contributed by atoms with van der Waals surface area (Å²) >= 11 is 3.01. The van der Waals surface area contributed by atoms with Crippen molar-refractivity contribution in [3.05, 3.63) is 57.8 Å². The summed E-state index contributed by atoms with van der Waals surface area (Å²) < 4.78 is 0. The lowest BCUT2D eigenvalue weighted by molar-refractivity contribution is -0.114. The van der Waals surface area contributed by atoms with Crippen molar-refractivity contribution in [2.24, 2.45) is 10.1 Å². The lowest BCUT2D eigenvalue weighted by Crippen LogP contribution is -2.35. The van der Waals surface area contributed by atoms with Gasteiger partial charge in [-0.1, -0.05) is 18.2 Å². The van der Waals surface area contributed by atoms with E-state index in [4.69, 9.17) is 5.41 Å². The van der Waals surface area contributed by atoms with Crippen molar-refractivity contribution in [1.29, 1.82) is 5.41 Å². The fourth-order valence-electron chi connectivity index (χ4n) is 2.70. The molecule has 0 atom stereocenters. The van der Waals surface area contributed by atoms with Gasteiger partial charge in [0.05, 0.1) is 5.57 Å². The van der Waals surface area contributed by atoms with Gasteiger partial charge in [0.2, 0.25) is 5.17 Å². The molecule has 0 saturated heterocycles. The number of aliphatic imine (C=N–C) groups is 1. The number of benzene rings is 1. The molecule has 0 bridgehead atoms. The Morgan fingerprint density at radius 2 is 2.00 bits per heavy atom. The zero-order chi connectivity index (χ0) is 19.0. The number of hydrogen-bond acceptors (Lipinski definition) is 6. The van der Waals surface area contributed by atoms with Gasteiger partial charge in [0.1, 0.15) is 5.04 Å². The molecule has 0 saturated carbocycles. The van der Waals surface area contributed by atoms with Gasteiger partial charge in [0.15, 0.2) is 5.84 Å². The van der Waals surface area contributed by atoms with Crippen LogP contribution in [0.15, 0.2) is 57.4 Å². The van der Waals surface area contributed by atoms with E-state index in [1.165, 1.54) is 21.6 Å². The second kappa shape index (κ2) is 7.13. The van der Waals surface area contributed by atoms with E-state index in [0.717, 1.165) is 16.3 Å². The summed E-state index contributed by atoms with van der Waals surface area (Å²) in [5.41, 5.74) is 2.17. The van der Waals surface area contributed by atoms with E-state index in [9.17, 15) is 4.79 Å². The van der Waals surface area contributed by atoms with Crippen molar-refractivity contribution >= 4 is 56.8 Å². The molecule has 1 aromatic heterocycles. The molecule has 1 N–H and O–H groups in total. The summed E-state index contributed by atoms with van der Waals surface area (Å²) in [5.74, 6) is -0.335. The van der Waals surface area contributed by atoms with Crippen molar-refractivity contribution in [1.82, 2.24) is 5.01 Å². The molecule has 1 amide bonds. The van der Waals surface area contributed by atoms with Gasteiger partial charge in [-0.25, -0.2) is 0 Å². The number of thiophene rings is 1. The Morgan fingerprint density at radius 1 is 1.22 bits per heavy atom. The van der Waals surface area contributed by atoms with E-state index >= 15 is 0 Å². The van der Waals surface area contributed by atoms with Crippen LogP contribution in [0, 0.1) is 5.41 Å². The second-order valence-corrected chi connectivity index (χ2v) is 8.33. The number of hydrazone groups is 1. The van der Waals surface area contributed by atoms with Crippen LogP contribution >= 0.6 is 23.1 Å². The van der Waals surface area contributed by atoms with Crippen LogP contribution in [-0.2, 0) is 11.2 Å². The van der Waals surface area contributed by atoms with Gasteiger partial charge in [-0.05, 0) is 47.0 Å². The Kier molecular flexibility index (Phi) is 4.67. The van der Waals surface area contributed by atoms with E-state index in [2.05, 4.69) is 10.1 Å². The summed E-state index contributed by atoms with van der Waals surface area (Å²) in [6.45, 7) is 0. The molecule has 2 aromatic rings. The predicted molar refractivity (Wildman–Crippen MR) is 114 cm³/mol. The number of amidine groups is 2. The van der Waals surface area contributed by atoms with E-state index < -0.39 is 5.91 Å². The molecule has 2 aliphatic rings. The van der Waals surface area contributed by atoms with Crippen molar-refractivity contribution in [2.45, 2.75) is 6.42 Å². The molecule has 0 aliphatic carbocycles. The van der Waals surface area contributed by atoms with Crippen LogP contribution in [0.25, 0.3) is 6.08 Å².